The zero-order valence-electron chi connectivity index (χ0n) is 16.7. The van der Waals surface area contributed by atoms with Crippen molar-refractivity contribution in [3.05, 3.63) is 54.1 Å². The maximum atomic E-state index is 13.5. The van der Waals surface area contributed by atoms with Crippen LogP contribution in [0, 0.1) is 5.82 Å². The van der Waals surface area contributed by atoms with Crippen molar-refractivity contribution in [2.24, 2.45) is 0 Å². The van der Waals surface area contributed by atoms with Gasteiger partial charge < -0.3 is 15.1 Å². The molecule has 0 spiro atoms. The third kappa shape index (κ3) is 4.73. The van der Waals surface area contributed by atoms with Crippen molar-refractivity contribution in [1.29, 1.82) is 0 Å². The van der Waals surface area contributed by atoms with Crippen LogP contribution < -0.4 is 10.2 Å². The van der Waals surface area contributed by atoms with Crippen LogP contribution in [0.25, 0.3) is 0 Å². The maximum absolute atomic E-state index is 13.5. The van der Waals surface area contributed by atoms with Crippen molar-refractivity contribution in [2.75, 3.05) is 44.2 Å². The van der Waals surface area contributed by atoms with Gasteiger partial charge >= 0.3 is 0 Å². The fraction of sp³-hybridized carbons (Fsp3) is 0.429. The maximum Gasteiger partial charge on any atom is 0.237 e. The van der Waals surface area contributed by atoms with E-state index in [1.165, 1.54) is 12.1 Å². The van der Waals surface area contributed by atoms with Crippen LogP contribution >= 0.6 is 0 Å². The molecular formula is C21H25FN6O2. The van der Waals surface area contributed by atoms with Gasteiger partial charge in [0.2, 0.25) is 17.8 Å². The molecule has 3 heterocycles. The molecular weight excluding hydrogens is 387 g/mol. The van der Waals surface area contributed by atoms with Crippen LogP contribution in [0.1, 0.15) is 12.0 Å². The number of nitrogens with zero attached hydrogens (tertiary/aromatic N) is 5. The van der Waals surface area contributed by atoms with Crippen molar-refractivity contribution in [3.8, 4) is 0 Å². The number of halogens is 1. The lowest BCUT2D eigenvalue weighted by molar-refractivity contribution is -0.139. The van der Waals surface area contributed by atoms with Crippen LogP contribution in [0.3, 0.4) is 0 Å². The molecule has 1 aromatic carbocycles. The molecule has 2 aromatic rings. The summed E-state index contributed by atoms with van der Waals surface area (Å²) in [6.07, 6.45) is 3.52. The summed E-state index contributed by atoms with van der Waals surface area (Å²) in [7, 11) is 0. The molecule has 158 valence electrons. The van der Waals surface area contributed by atoms with Crippen LogP contribution in [0.2, 0.25) is 0 Å². The number of nitrogens with one attached hydrogen (secondary N) is 1. The Morgan fingerprint density at radius 3 is 2.60 bits per heavy atom. The normalized spacial score (nSPS) is 20.2. The standard InChI is InChI=1S/C21H25FN6O2/c22-17-4-1-3-16(13-17)15-28-8-7-23-20(30)18(28)14-19(29)26-9-11-27(12-10-26)21-24-5-2-6-25-21/h1-6,13,18H,7-12,14-15H2,(H,23,30)/t18-/m0/s1. The predicted octanol–water partition coefficient (Wildman–Crippen LogP) is 0.655. The summed E-state index contributed by atoms with van der Waals surface area (Å²) in [6, 6.07) is 7.58. The van der Waals surface area contributed by atoms with E-state index >= 15 is 0 Å². The molecule has 2 amide bonds. The van der Waals surface area contributed by atoms with Crippen LogP contribution in [0.5, 0.6) is 0 Å². The quantitative estimate of drug-likeness (QED) is 0.777. The fourth-order valence-electron chi connectivity index (χ4n) is 3.95. The van der Waals surface area contributed by atoms with Crippen molar-refractivity contribution in [3.63, 3.8) is 0 Å². The Morgan fingerprint density at radius 2 is 1.87 bits per heavy atom. The molecule has 0 saturated carbocycles. The largest absolute Gasteiger partial charge is 0.353 e. The summed E-state index contributed by atoms with van der Waals surface area (Å²) >= 11 is 0. The summed E-state index contributed by atoms with van der Waals surface area (Å²) in [5, 5.41) is 2.85. The van der Waals surface area contributed by atoms with Gasteiger partial charge in [0.1, 0.15) is 5.82 Å². The van der Waals surface area contributed by atoms with Gasteiger partial charge in [-0.15, -0.1) is 0 Å². The molecule has 2 aliphatic heterocycles. The van der Waals surface area contributed by atoms with Gasteiger partial charge in [0, 0.05) is 58.2 Å². The van der Waals surface area contributed by atoms with E-state index in [0.717, 1.165) is 5.56 Å². The first-order valence-corrected chi connectivity index (χ1v) is 10.2. The topological polar surface area (TPSA) is 81.7 Å². The number of anilines is 1. The minimum absolute atomic E-state index is 0.0464. The third-order valence-electron chi connectivity index (χ3n) is 5.55. The Morgan fingerprint density at radius 1 is 1.10 bits per heavy atom. The number of carbonyl (C=O) groups is 2. The molecule has 0 aliphatic carbocycles. The van der Waals surface area contributed by atoms with Crippen molar-refractivity contribution in [1.82, 2.24) is 25.1 Å². The van der Waals surface area contributed by atoms with Gasteiger partial charge in [-0.05, 0) is 23.8 Å². The van der Waals surface area contributed by atoms with E-state index in [2.05, 4.69) is 15.3 Å². The second-order valence-electron chi connectivity index (χ2n) is 7.53. The van der Waals surface area contributed by atoms with E-state index in [0.29, 0.717) is 51.8 Å². The smallest absolute Gasteiger partial charge is 0.237 e. The summed E-state index contributed by atoms with van der Waals surface area (Å²) in [4.78, 5) is 39.7. The number of carbonyl (C=O) groups excluding carboxylic acids is 2. The van der Waals surface area contributed by atoms with Crippen LogP contribution in [0.15, 0.2) is 42.7 Å². The highest BCUT2D eigenvalue weighted by Gasteiger charge is 2.33. The van der Waals surface area contributed by atoms with Crippen molar-refractivity contribution >= 4 is 17.8 Å². The SMILES string of the molecule is O=C1NCCN(Cc2cccc(F)c2)[C@H]1CC(=O)N1CCN(c2ncccn2)CC1. The third-order valence-corrected chi connectivity index (χ3v) is 5.55. The molecule has 30 heavy (non-hydrogen) atoms. The fourth-order valence-corrected chi connectivity index (χ4v) is 3.95. The number of rotatable bonds is 5. The lowest BCUT2D eigenvalue weighted by atomic mass is 10.1. The van der Waals surface area contributed by atoms with Crippen LogP contribution in [-0.2, 0) is 16.1 Å². The van der Waals surface area contributed by atoms with E-state index in [1.807, 2.05) is 15.9 Å². The zero-order valence-corrected chi connectivity index (χ0v) is 16.7. The molecule has 0 unspecified atom stereocenters. The van der Waals surface area contributed by atoms with Crippen LogP contribution in [0.4, 0.5) is 10.3 Å². The predicted molar refractivity (Wildman–Crippen MR) is 109 cm³/mol. The highest BCUT2D eigenvalue weighted by molar-refractivity contribution is 5.89. The molecule has 2 saturated heterocycles. The van der Waals surface area contributed by atoms with E-state index in [4.69, 9.17) is 0 Å². The summed E-state index contributed by atoms with van der Waals surface area (Å²) < 4.78 is 13.5. The Hall–Kier alpha value is -3.07. The Labute approximate surface area is 174 Å². The molecule has 1 atom stereocenters. The zero-order chi connectivity index (χ0) is 20.9. The number of amides is 2. The van der Waals surface area contributed by atoms with Gasteiger partial charge in [-0.2, -0.15) is 0 Å². The van der Waals surface area contributed by atoms with Gasteiger partial charge in [-0.25, -0.2) is 14.4 Å². The molecule has 4 rings (SSSR count). The number of hydrogen-bond donors (Lipinski definition) is 1. The first-order valence-electron chi connectivity index (χ1n) is 10.2. The monoisotopic (exact) mass is 412 g/mol. The molecule has 8 nitrogen and oxygen atoms in total. The van der Waals surface area contributed by atoms with Crippen LogP contribution in [-0.4, -0.2) is 76.9 Å². The van der Waals surface area contributed by atoms with E-state index in [9.17, 15) is 14.0 Å². The number of aromatic nitrogens is 2. The minimum atomic E-state index is -0.551. The van der Waals surface area contributed by atoms with E-state index in [1.54, 1.807) is 29.4 Å². The molecule has 9 heteroatoms. The average molecular weight is 412 g/mol. The van der Waals surface area contributed by atoms with Gasteiger partial charge in [0.05, 0.1) is 12.5 Å². The molecule has 2 fully saturated rings. The molecule has 1 aromatic heterocycles. The summed E-state index contributed by atoms with van der Waals surface area (Å²) in [5.41, 5.74) is 0.790. The number of benzene rings is 1. The number of hydrogen-bond acceptors (Lipinski definition) is 6. The average Bonchev–Trinajstić information content (AvgIpc) is 2.77. The summed E-state index contributed by atoms with van der Waals surface area (Å²) in [6.45, 7) is 4.01. The van der Waals surface area contributed by atoms with Gasteiger partial charge in [0.25, 0.3) is 0 Å². The lowest BCUT2D eigenvalue weighted by Gasteiger charge is -2.38. The Bertz CT molecular complexity index is 888. The summed E-state index contributed by atoms with van der Waals surface area (Å²) in [5.74, 6) is 0.164. The molecule has 2 aliphatic rings. The van der Waals surface area contributed by atoms with E-state index in [-0.39, 0.29) is 24.1 Å². The second-order valence-corrected chi connectivity index (χ2v) is 7.53. The van der Waals surface area contributed by atoms with Gasteiger partial charge in [-0.1, -0.05) is 12.1 Å². The number of piperazine rings is 2. The highest BCUT2D eigenvalue weighted by Crippen LogP contribution is 2.17. The molecule has 1 N–H and O–H groups in total. The molecule has 0 bridgehead atoms. The van der Waals surface area contributed by atoms with Gasteiger partial charge in [-0.3, -0.25) is 14.5 Å². The second kappa shape index (κ2) is 9.17. The van der Waals surface area contributed by atoms with Crippen molar-refractivity contribution in [2.45, 2.75) is 19.0 Å². The minimum Gasteiger partial charge on any atom is -0.353 e. The van der Waals surface area contributed by atoms with Crippen molar-refractivity contribution < 1.29 is 14.0 Å². The highest BCUT2D eigenvalue weighted by atomic mass is 19.1. The first kappa shape index (κ1) is 20.2. The lowest BCUT2D eigenvalue weighted by Crippen LogP contribution is -2.57. The Kier molecular flexibility index (Phi) is 6.18. The van der Waals surface area contributed by atoms with Gasteiger partial charge in [0.15, 0.2) is 0 Å². The van der Waals surface area contributed by atoms with E-state index < -0.39 is 6.04 Å². The Balaban J connectivity index is 1.36. The first-order chi connectivity index (χ1) is 14.6. The molecule has 0 radical (unpaired) electrons.